The van der Waals surface area contributed by atoms with E-state index in [-0.39, 0.29) is 29.7 Å². The molecule has 1 aliphatic carbocycles. The molecule has 6 rings (SSSR count). The maximum Gasteiger partial charge on any atom is 0.255 e. The van der Waals surface area contributed by atoms with Crippen molar-refractivity contribution in [2.45, 2.75) is 44.2 Å². The smallest absolute Gasteiger partial charge is 0.255 e. The largest absolute Gasteiger partial charge is 0.340 e. The van der Waals surface area contributed by atoms with Gasteiger partial charge in [0, 0.05) is 43.4 Å². The summed E-state index contributed by atoms with van der Waals surface area (Å²) in [4.78, 5) is 56.8. The number of rotatable bonds is 5. The number of carbonyl (C=O) groups is 2. The summed E-state index contributed by atoms with van der Waals surface area (Å²) in [5, 5.41) is 0. The first-order valence-corrected chi connectivity index (χ1v) is 12.6. The zero-order valence-corrected chi connectivity index (χ0v) is 20.0. The van der Waals surface area contributed by atoms with Crippen LogP contribution in [0, 0.1) is 5.92 Å². The molecule has 36 heavy (non-hydrogen) atoms. The summed E-state index contributed by atoms with van der Waals surface area (Å²) in [7, 11) is 0. The Balaban J connectivity index is 1.41. The highest BCUT2D eigenvalue weighted by Crippen LogP contribution is 2.40. The van der Waals surface area contributed by atoms with E-state index in [4.69, 9.17) is 4.98 Å². The van der Waals surface area contributed by atoms with Gasteiger partial charge in [-0.3, -0.25) is 19.0 Å². The molecule has 1 saturated heterocycles. The van der Waals surface area contributed by atoms with E-state index in [0.29, 0.717) is 49.0 Å². The molecule has 0 radical (unpaired) electrons. The standard InChI is InChI=1S/C27H28N6O3/c34-23(19-5-2-1-3-6-19)16-33-26-30-22(21-9-12-28-18-29-21)15-24(35)32(26)14-11-27(33)10-13-31(17-27)25(36)20-7-4-8-20/h1-3,5-6,9,12,15,18,20H,4,7-8,10-11,13-14,16-17H2. The summed E-state index contributed by atoms with van der Waals surface area (Å²) in [5.74, 6) is 0.761. The Labute approximate surface area is 208 Å². The van der Waals surface area contributed by atoms with Gasteiger partial charge in [-0.1, -0.05) is 36.8 Å². The Morgan fingerprint density at radius 2 is 1.83 bits per heavy atom. The van der Waals surface area contributed by atoms with Crippen LogP contribution in [0.4, 0.5) is 5.95 Å². The average Bonchev–Trinajstić information content (AvgIpc) is 3.30. The van der Waals surface area contributed by atoms with Crippen molar-refractivity contribution in [3.8, 4) is 11.4 Å². The van der Waals surface area contributed by atoms with E-state index in [1.54, 1.807) is 29.0 Å². The quantitative estimate of drug-likeness (QED) is 0.513. The molecule has 1 atom stereocenters. The number of likely N-dealkylation sites (tertiary alicyclic amines) is 1. The maximum atomic E-state index is 13.4. The zero-order chi connectivity index (χ0) is 24.7. The van der Waals surface area contributed by atoms with E-state index in [0.717, 1.165) is 25.7 Å². The monoisotopic (exact) mass is 484 g/mol. The second-order valence-corrected chi connectivity index (χ2v) is 10.0. The number of aromatic nitrogens is 4. The zero-order valence-electron chi connectivity index (χ0n) is 20.0. The van der Waals surface area contributed by atoms with Crippen molar-refractivity contribution in [1.29, 1.82) is 0 Å². The molecule has 2 aliphatic heterocycles. The van der Waals surface area contributed by atoms with E-state index in [1.807, 2.05) is 28.0 Å². The van der Waals surface area contributed by atoms with Gasteiger partial charge in [0.25, 0.3) is 5.56 Å². The molecule has 1 aromatic carbocycles. The predicted molar refractivity (Wildman–Crippen MR) is 134 cm³/mol. The summed E-state index contributed by atoms with van der Waals surface area (Å²) in [5.41, 5.74) is 0.976. The van der Waals surface area contributed by atoms with Crippen LogP contribution in [0.15, 0.2) is 59.8 Å². The molecule has 0 bridgehead atoms. The molecule has 1 unspecified atom stereocenters. The third-order valence-corrected chi connectivity index (χ3v) is 7.94. The molecule has 1 spiro atoms. The summed E-state index contributed by atoms with van der Waals surface area (Å²) in [6.45, 7) is 1.76. The normalized spacial score (nSPS) is 21.3. The van der Waals surface area contributed by atoms with Crippen molar-refractivity contribution >= 4 is 17.6 Å². The topological polar surface area (TPSA) is 101 Å². The number of benzene rings is 1. The highest BCUT2D eigenvalue weighted by atomic mass is 16.2. The fourth-order valence-corrected chi connectivity index (χ4v) is 5.63. The second kappa shape index (κ2) is 8.96. The maximum absolute atomic E-state index is 13.4. The molecule has 0 N–H and O–H groups in total. The van der Waals surface area contributed by atoms with Crippen LogP contribution in [-0.4, -0.2) is 61.3 Å². The lowest BCUT2D eigenvalue weighted by Crippen LogP contribution is -2.58. The molecule has 3 aliphatic rings. The van der Waals surface area contributed by atoms with Crippen molar-refractivity contribution in [3.63, 3.8) is 0 Å². The number of Topliss-reactive ketones (excluding diaryl/α,β-unsaturated/α-hetero) is 1. The number of hydrogen-bond donors (Lipinski definition) is 0. The number of ketones is 1. The molecule has 1 amide bonds. The highest BCUT2D eigenvalue weighted by molar-refractivity contribution is 5.99. The Hall–Kier alpha value is -3.88. The minimum absolute atomic E-state index is 0.0473. The second-order valence-electron chi connectivity index (χ2n) is 10.0. The molecular weight excluding hydrogens is 456 g/mol. The summed E-state index contributed by atoms with van der Waals surface area (Å²) < 4.78 is 1.64. The Bertz CT molecular complexity index is 1350. The Morgan fingerprint density at radius 3 is 2.56 bits per heavy atom. The first-order valence-electron chi connectivity index (χ1n) is 12.6. The molecule has 184 valence electrons. The highest BCUT2D eigenvalue weighted by Gasteiger charge is 2.49. The van der Waals surface area contributed by atoms with Crippen molar-refractivity contribution in [2.75, 3.05) is 24.5 Å². The van der Waals surface area contributed by atoms with E-state index in [9.17, 15) is 14.4 Å². The van der Waals surface area contributed by atoms with Gasteiger partial charge in [0.15, 0.2) is 5.78 Å². The Kier molecular flexibility index (Phi) is 5.62. The van der Waals surface area contributed by atoms with Crippen molar-refractivity contribution in [2.24, 2.45) is 5.92 Å². The van der Waals surface area contributed by atoms with Gasteiger partial charge in [0.1, 0.15) is 6.33 Å². The van der Waals surface area contributed by atoms with Gasteiger partial charge in [-0.25, -0.2) is 15.0 Å². The summed E-state index contributed by atoms with van der Waals surface area (Å²) >= 11 is 0. The fraction of sp³-hybridized carbons (Fsp3) is 0.407. The average molecular weight is 485 g/mol. The van der Waals surface area contributed by atoms with Crippen LogP contribution in [0.5, 0.6) is 0 Å². The van der Waals surface area contributed by atoms with Gasteiger partial charge in [0.2, 0.25) is 11.9 Å². The van der Waals surface area contributed by atoms with Crippen LogP contribution in [0.3, 0.4) is 0 Å². The number of nitrogens with zero attached hydrogens (tertiary/aromatic N) is 6. The lowest BCUT2D eigenvalue weighted by atomic mass is 9.84. The number of amides is 1. The first kappa shape index (κ1) is 22.6. The molecule has 1 saturated carbocycles. The van der Waals surface area contributed by atoms with Crippen LogP contribution in [0.2, 0.25) is 0 Å². The predicted octanol–water partition coefficient (Wildman–Crippen LogP) is 2.56. The Morgan fingerprint density at radius 1 is 1.03 bits per heavy atom. The number of hydrogen-bond acceptors (Lipinski definition) is 7. The number of fused-ring (bicyclic) bond motifs is 1. The lowest BCUT2D eigenvalue weighted by Gasteiger charge is -2.46. The molecule has 9 nitrogen and oxygen atoms in total. The van der Waals surface area contributed by atoms with E-state index >= 15 is 0 Å². The number of carbonyl (C=O) groups excluding carboxylic acids is 2. The van der Waals surface area contributed by atoms with Crippen LogP contribution in [0.1, 0.15) is 42.5 Å². The summed E-state index contributed by atoms with van der Waals surface area (Å²) in [6, 6.07) is 12.4. The van der Waals surface area contributed by atoms with Crippen LogP contribution < -0.4 is 10.5 Å². The van der Waals surface area contributed by atoms with E-state index in [1.165, 1.54) is 12.4 Å². The van der Waals surface area contributed by atoms with Gasteiger partial charge in [-0.05, 0) is 31.7 Å². The SMILES string of the molecule is O=C(CN1c2nc(-c3ccncn3)cc(=O)n2CCC12CCN(C(=O)C1CCC1)C2)c1ccccc1. The third kappa shape index (κ3) is 3.88. The molecule has 2 fully saturated rings. The molecule has 4 heterocycles. The summed E-state index contributed by atoms with van der Waals surface area (Å²) in [6.07, 6.45) is 7.47. The number of anilines is 1. The fourth-order valence-electron chi connectivity index (χ4n) is 5.63. The minimum atomic E-state index is -0.451. The molecule has 9 heteroatoms. The van der Waals surface area contributed by atoms with E-state index < -0.39 is 5.54 Å². The lowest BCUT2D eigenvalue weighted by molar-refractivity contribution is -0.137. The van der Waals surface area contributed by atoms with Gasteiger partial charge in [0.05, 0.1) is 23.5 Å². The van der Waals surface area contributed by atoms with Crippen LogP contribution >= 0.6 is 0 Å². The van der Waals surface area contributed by atoms with Crippen LogP contribution in [-0.2, 0) is 11.3 Å². The third-order valence-electron chi connectivity index (χ3n) is 7.94. The minimum Gasteiger partial charge on any atom is -0.340 e. The van der Waals surface area contributed by atoms with Gasteiger partial charge < -0.3 is 9.80 Å². The van der Waals surface area contributed by atoms with Gasteiger partial charge in [-0.15, -0.1) is 0 Å². The van der Waals surface area contributed by atoms with Gasteiger partial charge in [-0.2, -0.15) is 0 Å². The van der Waals surface area contributed by atoms with E-state index in [2.05, 4.69) is 9.97 Å². The molecule has 2 aromatic heterocycles. The first-order chi connectivity index (χ1) is 17.5. The molecular formula is C27H28N6O3. The van der Waals surface area contributed by atoms with Crippen molar-refractivity contribution in [3.05, 3.63) is 70.9 Å². The molecule has 3 aromatic rings. The van der Waals surface area contributed by atoms with Crippen molar-refractivity contribution < 1.29 is 9.59 Å². The van der Waals surface area contributed by atoms with Crippen LogP contribution in [0.25, 0.3) is 11.4 Å². The van der Waals surface area contributed by atoms with Gasteiger partial charge >= 0.3 is 0 Å². The van der Waals surface area contributed by atoms with Crippen molar-refractivity contribution in [1.82, 2.24) is 24.4 Å².